The molecule has 20 heavy (non-hydrogen) atoms. The van der Waals surface area contributed by atoms with Crippen LogP contribution in [0.1, 0.15) is 25.8 Å². The lowest BCUT2D eigenvalue weighted by Crippen LogP contribution is -2.41. The Kier molecular flexibility index (Phi) is 6.03. The van der Waals surface area contributed by atoms with Gasteiger partial charge in [-0.2, -0.15) is 0 Å². The monoisotopic (exact) mass is 295 g/mol. The third kappa shape index (κ3) is 3.97. The van der Waals surface area contributed by atoms with Crippen molar-refractivity contribution in [3.8, 4) is 11.8 Å². The molecule has 1 atom stereocenters. The van der Waals surface area contributed by atoms with Crippen LogP contribution in [0, 0.1) is 11.8 Å². The van der Waals surface area contributed by atoms with E-state index in [1.165, 1.54) is 7.11 Å². The zero-order valence-corrected chi connectivity index (χ0v) is 12.5. The van der Waals surface area contributed by atoms with Crippen LogP contribution >= 0.6 is 11.6 Å². The number of carbonyl (C=O) groups excluding carboxylic acids is 1. The maximum atomic E-state index is 12.2. The van der Waals surface area contributed by atoms with E-state index < -0.39 is 5.60 Å². The van der Waals surface area contributed by atoms with Crippen LogP contribution < -0.4 is 5.32 Å². The normalized spacial score (nSPS) is 13.1. The molecule has 108 valence electrons. The third-order valence-electron chi connectivity index (χ3n) is 3.14. The molecule has 1 rings (SSSR count). The van der Waals surface area contributed by atoms with Crippen molar-refractivity contribution in [3.63, 3.8) is 0 Å². The molecule has 0 spiro atoms. The molecule has 0 heterocycles. The fraction of sp³-hybridized carbons (Fsp3) is 0.400. The molecule has 1 amide bonds. The van der Waals surface area contributed by atoms with Crippen LogP contribution in [0.5, 0.6) is 0 Å². The standard InChI is InChI=1S/C15H18ClNO3/c1-4-15(2,20-3)14(19)17-13-8-7-12(16)10-11(13)6-5-9-18/h7-8,10,18H,4,9H2,1-3H3,(H,17,19). The number of ether oxygens (including phenoxy) is 1. The first-order valence-corrected chi connectivity index (χ1v) is 6.60. The van der Waals surface area contributed by atoms with Crippen LogP contribution in [0.3, 0.4) is 0 Å². The van der Waals surface area contributed by atoms with E-state index in [9.17, 15) is 4.79 Å². The number of anilines is 1. The number of nitrogens with one attached hydrogen (secondary N) is 1. The SMILES string of the molecule is CCC(C)(OC)C(=O)Nc1ccc(Cl)cc1C#CCO. The Labute approximate surface area is 124 Å². The Morgan fingerprint density at radius 3 is 2.80 bits per heavy atom. The smallest absolute Gasteiger partial charge is 0.256 e. The molecule has 1 aromatic rings. The van der Waals surface area contributed by atoms with E-state index in [1.807, 2.05) is 6.92 Å². The largest absolute Gasteiger partial charge is 0.384 e. The number of amides is 1. The Morgan fingerprint density at radius 2 is 2.25 bits per heavy atom. The predicted molar refractivity (Wildman–Crippen MR) is 79.8 cm³/mol. The Morgan fingerprint density at radius 1 is 1.55 bits per heavy atom. The second kappa shape index (κ2) is 7.30. The van der Waals surface area contributed by atoms with Gasteiger partial charge in [-0.25, -0.2) is 0 Å². The molecule has 5 heteroatoms. The molecule has 0 aliphatic rings. The summed E-state index contributed by atoms with van der Waals surface area (Å²) in [6.45, 7) is 3.33. The molecule has 0 aliphatic heterocycles. The summed E-state index contributed by atoms with van der Waals surface area (Å²) < 4.78 is 5.25. The zero-order chi connectivity index (χ0) is 15.2. The van der Waals surface area contributed by atoms with Crippen molar-refractivity contribution in [2.24, 2.45) is 0 Å². The van der Waals surface area contributed by atoms with Gasteiger partial charge in [0, 0.05) is 17.7 Å². The van der Waals surface area contributed by atoms with E-state index >= 15 is 0 Å². The Bertz CT molecular complexity index is 542. The molecule has 0 aliphatic carbocycles. The first-order chi connectivity index (χ1) is 9.46. The molecule has 0 saturated heterocycles. The Hall–Kier alpha value is -1.54. The summed E-state index contributed by atoms with van der Waals surface area (Å²) >= 11 is 5.91. The van der Waals surface area contributed by atoms with Crippen molar-refractivity contribution in [2.45, 2.75) is 25.9 Å². The van der Waals surface area contributed by atoms with Crippen LogP contribution in [-0.4, -0.2) is 30.3 Å². The summed E-state index contributed by atoms with van der Waals surface area (Å²) in [4.78, 5) is 12.2. The van der Waals surface area contributed by atoms with Crippen molar-refractivity contribution in [3.05, 3.63) is 28.8 Å². The van der Waals surface area contributed by atoms with Gasteiger partial charge >= 0.3 is 0 Å². The van der Waals surface area contributed by atoms with E-state index in [2.05, 4.69) is 17.2 Å². The number of aliphatic hydroxyl groups is 1. The van der Waals surface area contributed by atoms with Crippen LogP contribution in [-0.2, 0) is 9.53 Å². The number of hydrogen-bond acceptors (Lipinski definition) is 3. The topological polar surface area (TPSA) is 58.6 Å². The average Bonchev–Trinajstić information content (AvgIpc) is 2.46. The molecule has 0 aromatic heterocycles. The van der Waals surface area contributed by atoms with Crippen LogP contribution in [0.25, 0.3) is 0 Å². The minimum atomic E-state index is -0.901. The summed E-state index contributed by atoms with van der Waals surface area (Å²) in [7, 11) is 1.50. The maximum Gasteiger partial charge on any atom is 0.256 e. The van der Waals surface area contributed by atoms with Gasteiger partial charge in [0.15, 0.2) is 0 Å². The molecule has 0 saturated carbocycles. The summed E-state index contributed by atoms with van der Waals surface area (Å²) in [5.41, 5.74) is 0.188. The van der Waals surface area contributed by atoms with Gasteiger partial charge < -0.3 is 15.2 Å². The highest BCUT2D eigenvalue weighted by molar-refractivity contribution is 6.30. The molecular formula is C15H18ClNO3. The van der Waals surface area contributed by atoms with Crippen molar-refractivity contribution < 1.29 is 14.6 Å². The van der Waals surface area contributed by atoms with Gasteiger partial charge in [0.25, 0.3) is 5.91 Å². The third-order valence-corrected chi connectivity index (χ3v) is 3.37. The van der Waals surface area contributed by atoms with Crippen LogP contribution in [0.15, 0.2) is 18.2 Å². The van der Waals surface area contributed by atoms with Crippen molar-refractivity contribution in [1.29, 1.82) is 0 Å². The fourth-order valence-electron chi connectivity index (χ4n) is 1.52. The van der Waals surface area contributed by atoms with Gasteiger partial charge in [0.1, 0.15) is 12.2 Å². The van der Waals surface area contributed by atoms with Gasteiger partial charge in [0.2, 0.25) is 0 Å². The number of carbonyl (C=O) groups is 1. The van der Waals surface area contributed by atoms with Gasteiger partial charge in [-0.3, -0.25) is 4.79 Å². The number of aliphatic hydroxyl groups excluding tert-OH is 1. The highest BCUT2D eigenvalue weighted by atomic mass is 35.5. The second-order valence-electron chi connectivity index (χ2n) is 4.39. The molecule has 0 fully saturated rings. The van der Waals surface area contributed by atoms with E-state index in [-0.39, 0.29) is 12.5 Å². The zero-order valence-electron chi connectivity index (χ0n) is 11.8. The molecule has 2 N–H and O–H groups in total. The first kappa shape index (κ1) is 16.5. The molecule has 4 nitrogen and oxygen atoms in total. The number of halogens is 1. The molecule has 1 unspecified atom stereocenters. The van der Waals surface area contributed by atoms with Gasteiger partial charge in [0.05, 0.1) is 5.69 Å². The van der Waals surface area contributed by atoms with Crippen molar-refractivity contribution in [2.75, 3.05) is 19.0 Å². The molecule has 0 radical (unpaired) electrons. The average molecular weight is 296 g/mol. The second-order valence-corrected chi connectivity index (χ2v) is 4.83. The summed E-state index contributed by atoms with van der Waals surface area (Å²) in [6, 6.07) is 4.97. The Balaban J connectivity index is 3.06. The molecule has 0 bridgehead atoms. The minimum Gasteiger partial charge on any atom is -0.384 e. The first-order valence-electron chi connectivity index (χ1n) is 6.22. The van der Waals surface area contributed by atoms with E-state index in [0.29, 0.717) is 22.7 Å². The minimum absolute atomic E-state index is 0.253. The number of methoxy groups -OCH3 is 1. The highest BCUT2D eigenvalue weighted by Gasteiger charge is 2.31. The van der Waals surface area contributed by atoms with E-state index in [0.717, 1.165) is 0 Å². The van der Waals surface area contributed by atoms with Crippen molar-refractivity contribution in [1.82, 2.24) is 0 Å². The molecule has 1 aromatic carbocycles. The van der Waals surface area contributed by atoms with Crippen LogP contribution in [0.2, 0.25) is 5.02 Å². The lowest BCUT2D eigenvalue weighted by atomic mass is 10.0. The van der Waals surface area contributed by atoms with E-state index in [4.69, 9.17) is 21.4 Å². The summed E-state index contributed by atoms with van der Waals surface area (Å²) in [6.07, 6.45) is 0.542. The summed E-state index contributed by atoms with van der Waals surface area (Å²) in [5, 5.41) is 12.1. The lowest BCUT2D eigenvalue weighted by Gasteiger charge is -2.25. The van der Waals surface area contributed by atoms with E-state index in [1.54, 1.807) is 25.1 Å². The lowest BCUT2D eigenvalue weighted by molar-refractivity contribution is -0.136. The molecular weight excluding hydrogens is 278 g/mol. The van der Waals surface area contributed by atoms with Gasteiger partial charge in [-0.15, -0.1) is 0 Å². The van der Waals surface area contributed by atoms with Gasteiger partial charge in [-0.1, -0.05) is 30.4 Å². The quantitative estimate of drug-likeness (QED) is 0.839. The van der Waals surface area contributed by atoms with Gasteiger partial charge in [-0.05, 0) is 31.5 Å². The fourth-order valence-corrected chi connectivity index (χ4v) is 1.69. The summed E-state index contributed by atoms with van der Waals surface area (Å²) in [5.74, 6) is 5.04. The number of hydrogen-bond donors (Lipinski definition) is 2. The van der Waals surface area contributed by atoms with Crippen LogP contribution in [0.4, 0.5) is 5.69 Å². The highest BCUT2D eigenvalue weighted by Crippen LogP contribution is 2.23. The van der Waals surface area contributed by atoms with Crippen molar-refractivity contribution >= 4 is 23.2 Å². The predicted octanol–water partition coefficient (Wildman–Crippen LogP) is 2.44. The number of rotatable bonds is 4. The number of benzene rings is 1. The maximum absolute atomic E-state index is 12.2.